The highest BCUT2D eigenvalue weighted by Crippen LogP contribution is 2.34. The molecule has 0 aliphatic heterocycles. The molecule has 2 aromatic heterocycles. The summed E-state index contributed by atoms with van der Waals surface area (Å²) in [5.41, 5.74) is 7.08. The molecule has 4 aromatic rings. The molecule has 0 amide bonds. The Labute approximate surface area is 157 Å². The predicted octanol–water partition coefficient (Wildman–Crippen LogP) is 3.59. The standard InChI is InChI=1S/C18H12Cl2N4O2/c19-11-6-12(20)17(25)16-15(11)18(26)24(8-22-16)7-9-1-3-13-10(5-9)2-4-14(21)23-13/h1-6,8,25H,7H2,(H2,21,23). The molecule has 2 heterocycles. The highest BCUT2D eigenvalue weighted by Gasteiger charge is 2.15. The van der Waals surface area contributed by atoms with Crippen molar-refractivity contribution in [1.29, 1.82) is 0 Å². The largest absolute Gasteiger partial charge is 0.504 e. The Morgan fingerprint density at radius 2 is 1.92 bits per heavy atom. The molecule has 3 N–H and O–H groups in total. The first kappa shape index (κ1) is 16.6. The number of rotatable bonds is 2. The quantitative estimate of drug-likeness (QED) is 0.548. The van der Waals surface area contributed by atoms with Crippen LogP contribution in [0.2, 0.25) is 10.0 Å². The van der Waals surface area contributed by atoms with Crippen LogP contribution in [0.5, 0.6) is 5.75 Å². The van der Waals surface area contributed by atoms with E-state index in [-0.39, 0.29) is 32.3 Å². The SMILES string of the molecule is Nc1ccc2cc(Cn3cnc4c(O)c(Cl)cc(Cl)c4c3=O)ccc2n1. The smallest absolute Gasteiger partial charge is 0.263 e. The van der Waals surface area contributed by atoms with Crippen molar-refractivity contribution < 1.29 is 5.11 Å². The molecule has 0 aliphatic carbocycles. The van der Waals surface area contributed by atoms with Gasteiger partial charge in [0.25, 0.3) is 5.56 Å². The van der Waals surface area contributed by atoms with E-state index in [1.54, 1.807) is 6.07 Å². The number of nitrogens with two attached hydrogens (primary N) is 1. The third-order valence-corrected chi connectivity index (χ3v) is 4.69. The van der Waals surface area contributed by atoms with E-state index in [2.05, 4.69) is 9.97 Å². The zero-order valence-electron chi connectivity index (χ0n) is 13.3. The van der Waals surface area contributed by atoms with Gasteiger partial charge in [-0.2, -0.15) is 0 Å². The Balaban J connectivity index is 1.82. The molecular weight excluding hydrogens is 375 g/mol. The molecule has 8 heteroatoms. The van der Waals surface area contributed by atoms with E-state index in [1.807, 2.05) is 24.3 Å². The number of pyridine rings is 1. The van der Waals surface area contributed by atoms with Crippen LogP contribution in [0.25, 0.3) is 21.8 Å². The van der Waals surface area contributed by atoms with Gasteiger partial charge in [0.15, 0.2) is 5.75 Å². The Hall–Kier alpha value is -2.83. The van der Waals surface area contributed by atoms with E-state index in [1.165, 1.54) is 17.0 Å². The average Bonchev–Trinajstić information content (AvgIpc) is 2.61. The molecule has 0 spiro atoms. The van der Waals surface area contributed by atoms with Crippen molar-refractivity contribution in [2.24, 2.45) is 0 Å². The van der Waals surface area contributed by atoms with Gasteiger partial charge in [-0.05, 0) is 35.9 Å². The zero-order valence-corrected chi connectivity index (χ0v) is 14.8. The molecule has 0 saturated carbocycles. The van der Waals surface area contributed by atoms with Crippen LogP contribution in [0.15, 0.2) is 47.5 Å². The Morgan fingerprint density at radius 3 is 2.73 bits per heavy atom. The van der Waals surface area contributed by atoms with Crippen molar-refractivity contribution in [3.8, 4) is 5.75 Å². The summed E-state index contributed by atoms with van der Waals surface area (Å²) in [5.74, 6) is 0.193. The molecule has 0 unspecified atom stereocenters. The van der Waals surface area contributed by atoms with E-state index < -0.39 is 0 Å². The van der Waals surface area contributed by atoms with Crippen LogP contribution in [0.4, 0.5) is 5.82 Å². The molecule has 0 aliphatic rings. The number of hydrogen-bond acceptors (Lipinski definition) is 5. The minimum atomic E-state index is -0.359. The van der Waals surface area contributed by atoms with Crippen LogP contribution in [0.3, 0.4) is 0 Å². The van der Waals surface area contributed by atoms with Crippen molar-refractivity contribution in [1.82, 2.24) is 14.5 Å². The molecule has 130 valence electrons. The van der Waals surface area contributed by atoms with E-state index in [0.717, 1.165) is 16.5 Å². The fraction of sp³-hybridized carbons (Fsp3) is 0.0556. The number of nitrogen functional groups attached to an aromatic ring is 1. The number of phenols is 1. The summed E-state index contributed by atoms with van der Waals surface area (Å²) < 4.78 is 1.42. The number of aromatic hydroxyl groups is 1. The average molecular weight is 387 g/mol. The lowest BCUT2D eigenvalue weighted by atomic mass is 10.1. The van der Waals surface area contributed by atoms with Crippen LogP contribution >= 0.6 is 23.2 Å². The first-order valence-electron chi connectivity index (χ1n) is 7.65. The summed E-state index contributed by atoms with van der Waals surface area (Å²) in [5, 5.41) is 11.3. The van der Waals surface area contributed by atoms with Crippen molar-refractivity contribution in [2.75, 3.05) is 5.73 Å². The summed E-state index contributed by atoms with van der Waals surface area (Å²) in [6.45, 7) is 0.293. The summed E-state index contributed by atoms with van der Waals surface area (Å²) in [6.07, 6.45) is 1.36. The third-order valence-electron chi connectivity index (χ3n) is 4.11. The second kappa shape index (κ2) is 6.16. The van der Waals surface area contributed by atoms with Crippen molar-refractivity contribution in [3.05, 3.63) is 68.7 Å². The van der Waals surface area contributed by atoms with Gasteiger partial charge in [-0.15, -0.1) is 0 Å². The minimum absolute atomic E-state index is 0.0495. The Bertz CT molecular complexity index is 1240. The van der Waals surface area contributed by atoms with E-state index in [9.17, 15) is 9.90 Å². The lowest BCUT2D eigenvalue weighted by molar-refractivity contribution is 0.480. The second-order valence-electron chi connectivity index (χ2n) is 5.85. The Kier molecular flexibility index (Phi) is 3.94. The summed E-state index contributed by atoms with van der Waals surface area (Å²) in [7, 11) is 0. The van der Waals surface area contributed by atoms with Crippen LogP contribution in [0.1, 0.15) is 5.56 Å². The van der Waals surface area contributed by atoms with Crippen molar-refractivity contribution in [2.45, 2.75) is 6.54 Å². The maximum absolute atomic E-state index is 12.8. The van der Waals surface area contributed by atoms with Crippen LogP contribution in [0, 0.1) is 0 Å². The van der Waals surface area contributed by atoms with E-state index in [0.29, 0.717) is 12.4 Å². The molecule has 2 aromatic carbocycles. The monoisotopic (exact) mass is 386 g/mol. The number of nitrogens with zero attached hydrogens (tertiary/aromatic N) is 3. The number of aromatic nitrogens is 3. The maximum Gasteiger partial charge on any atom is 0.263 e. The lowest BCUT2D eigenvalue weighted by Gasteiger charge is -2.10. The number of anilines is 1. The first-order chi connectivity index (χ1) is 12.4. The number of benzene rings is 2. The van der Waals surface area contributed by atoms with Crippen molar-refractivity contribution >= 4 is 50.8 Å². The van der Waals surface area contributed by atoms with Crippen LogP contribution in [-0.2, 0) is 6.54 Å². The maximum atomic E-state index is 12.8. The number of hydrogen-bond donors (Lipinski definition) is 2. The van der Waals surface area contributed by atoms with Gasteiger partial charge >= 0.3 is 0 Å². The van der Waals surface area contributed by atoms with Gasteiger partial charge in [0.1, 0.15) is 11.3 Å². The predicted molar refractivity (Wildman–Crippen MR) is 103 cm³/mol. The first-order valence-corrected chi connectivity index (χ1v) is 8.41. The second-order valence-corrected chi connectivity index (χ2v) is 6.67. The summed E-state index contributed by atoms with van der Waals surface area (Å²) >= 11 is 12.0. The molecule has 0 atom stereocenters. The van der Waals surface area contributed by atoms with Crippen molar-refractivity contribution in [3.63, 3.8) is 0 Å². The van der Waals surface area contributed by atoms with Crippen LogP contribution in [-0.4, -0.2) is 19.6 Å². The molecular formula is C18H12Cl2N4O2. The van der Waals surface area contributed by atoms with Gasteiger partial charge in [-0.25, -0.2) is 9.97 Å². The third kappa shape index (κ3) is 2.73. The minimum Gasteiger partial charge on any atom is -0.504 e. The molecule has 0 saturated heterocycles. The van der Waals surface area contributed by atoms with Gasteiger partial charge in [0.2, 0.25) is 0 Å². The number of fused-ring (bicyclic) bond motifs is 2. The fourth-order valence-corrected chi connectivity index (χ4v) is 3.38. The van der Waals surface area contributed by atoms with E-state index in [4.69, 9.17) is 28.9 Å². The normalized spacial score (nSPS) is 11.3. The van der Waals surface area contributed by atoms with Gasteiger partial charge in [-0.3, -0.25) is 9.36 Å². The van der Waals surface area contributed by atoms with Gasteiger partial charge < -0.3 is 10.8 Å². The molecule has 6 nitrogen and oxygen atoms in total. The zero-order chi connectivity index (χ0) is 18.4. The highest BCUT2D eigenvalue weighted by molar-refractivity contribution is 6.39. The molecule has 0 radical (unpaired) electrons. The number of halogens is 2. The fourth-order valence-electron chi connectivity index (χ4n) is 2.85. The topological polar surface area (TPSA) is 94.0 Å². The lowest BCUT2D eigenvalue weighted by Crippen LogP contribution is -2.21. The van der Waals surface area contributed by atoms with Gasteiger partial charge in [0, 0.05) is 5.39 Å². The molecule has 0 bridgehead atoms. The Morgan fingerprint density at radius 1 is 1.12 bits per heavy atom. The van der Waals surface area contributed by atoms with Gasteiger partial charge in [0.05, 0.1) is 33.8 Å². The van der Waals surface area contributed by atoms with Crippen LogP contribution < -0.4 is 11.3 Å². The molecule has 0 fully saturated rings. The molecule has 26 heavy (non-hydrogen) atoms. The highest BCUT2D eigenvalue weighted by atomic mass is 35.5. The summed E-state index contributed by atoms with van der Waals surface area (Å²) in [6, 6.07) is 10.6. The van der Waals surface area contributed by atoms with Gasteiger partial charge in [-0.1, -0.05) is 29.3 Å². The summed E-state index contributed by atoms with van der Waals surface area (Å²) in [4.78, 5) is 21.2. The van der Waals surface area contributed by atoms with E-state index >= 15 is 0 Å². The number of phenolic OH excluding ortho intramolecular Hbond substituents is 1. The molecule has 4 rings (SSSR count).